The van der Waals surface area contributed by atoms with Crippen LogP contribution in [0.3, 0.4) is 0 Å². The summed E-state index contributed by atoms with van der Waals surface area (Å²) in [5.41, 5.74) is 2.90. The minimum atomic E-state index is 0.0758. The van der Waals surface area contributed by atoms with E-state index in [-0.39, 0.29) is 17.2 Å². The van der Waals surface area contributed by atoms with Gasteiger partial charge in [0.15, 0.2) is 5.82 Å². The van der Waals surface area contributed by atoms with E-state index >= 15 is 0 Å². The number of carbonyl (C=O) groups excluding carboxylic acids is 1. The van der Waals surface area contributed by atoms with Gasteiger partial charge in [-0.2, -0.15) is 5.10 Å². The number of rotatable bonds is 5. The van der Waals surface area contributed by atoms with Crippen LogP contribution in [0, 0.1) is 5.92 Å². The molecule has 1 fully saturated rings. The summed E-state index contributed by atoms with van der Waals surface area (Å²) in [5.74, 6) is 0.866. The second-order valence-electron chi connectivity index (χ2n) is 7.68. The number of hydrogen-bond donors (Lipinski definition) is 1. The molecule has 25 heavy (non-hydrogen) atoms. The van der Waals surface area contributed by atoms with Crippen LogP contribution >= 0.6 is 0 Å². The van der Waals surface area contributed by atoms with Gasteiger partial charge in [0.2, 0.25) is 5.91 Å². The molecule has 0 saturated heterocycles. The topological polar surface area (TPSA) is 50.2 Å². The number of aromatic nitrogens is 2. The van der Waals surface area contributed by atoms with E-state index in [0.29, 0.717) is 5.82 Å². The molecule has 5 nitrogen and oxygen atoms in total. The Bertz CT molecular complexity index is 782. The van der Waals surface area contributed by atoms with Crippen molar-refractivity contribution < 1.29 is 4.79 Å². The summed E-state index contributed by atoms with van der Waals surface area (Å²) in [6.07, 6.45) is 6.34. The second-order valence-corrected chi connectivity index (χ2v) is 7.68. The van der Waals surface area contributed by atoms with Gasteiger partial charge in [-0.05, 0) is 50.9 Å². The Kier molecular flexibility index (Phi) is 4.12. The molecule has 2 aromatic rings. The number of nitrogens with one attached hydrogen (secondary N) is 1. The number of amides is 1. The molecule has 1 amide bonds. The first kappa shape index (κ1) is 16.3. The molecule has 0 unspecified atom stereocenters. The van der Waals surface area contributed by atoms with E-state index < -0.39 is 0 Å². The summed E-state index contributed by atoms with van der Waals surface area (Å²) in [5, 5.41) is 7.50. The Balaban J connectivity index is 1.42. The second kappa shape index (κ2) is 6.30. The minimum absolute atomic E-state index is 0.0758. The average Bonchev–Trinajstić information content (AvgIpc) is 3.14. The molecule has 0 bridgehead atoms. The number of hydrogen-bond acceptors (Lipinski definition) is 3. The van der Waals surface area contributed by atoms with Crippen LogP contribution in [0.4, 0.5) is 5.82 Å². The lowest BCUT2D eigenvalue weighted by atomic mass is 9.78. The van der Waals surface area contributed by atoms with Gasteiger partial charge in [-0.3, -0.25) is 9.48 Å². The van der Waals surface area contributed by atoms with Crippen molar-refractivity contribution in [1.29, 1.82) is 0 Å². The standard InChI is InChI=1S/C20H26N4O/c1-23(2)12-13-24-11-9-18(22-24)21-19(25)17-14-20(17)10-5-7-15-6-3-4-8-16(15)20/h3-4,6,8-9,11,17H,5,7,10,12-14H2,1-2H3,(H,21,22,25)/t17-,20-/m1/s1. The van der Waals surface area contributed by atoms with E-state index in [2.05, 4.69) is 39.6 Å². The maximum atomic E-state index is 12.8. The van der Waals surface area contributed by atoms with Crippen molar-refractivity contribution in [1.82, 2.24) is 14.7 Å². The zero-order valence-corrected chi connectivity index (χ0v) is 15.0. The van der Waals surface area contributed by atoms with E-state index in [1.165, 1.54) is 17.5 Å². The number of likely N-dealkylation sites (N-methyl/N-ethyl adjacent to an activating group) is 1. The SMILES string of the molecule is CN(C)CCn1ccc(NC(=O)[C@H]2C[C@@]23CCCc2ccccc23)n1. The summed E-state index contributed by atoms with van der Waals surface area (Å²) in [7, 11) is 4.08. The van der Waals surface area contributed by atoms with Crippen molar-refractivity contribution in [3.63, 3.8) is 0 Å². The molecule has 5 heteroatoms. The van der Waals surface area contributed by atoms with E-state index in [0.717, 1.165) is 32.4 Å². The van der Waals surface area contributed by atoms with Crippen molar-refractivity contribution in [2.45, 2.75) is 37.6 Å². The summed E-state index contributed by atoms with van der Waals surface area (Å²) < 4.78 is 1.88. The van der Waals surface area contributed by atoms with Crippen molar-refractivity contribution in [2.75, 3.05) is 26.0 Å². The number of aryl methyl sites for hydroxylation is 1. The highest BCUT2D eigenvalue weighted by molar-refractivity contribution is 5.95. The predicted octanol–water partition coefficient (Wildman–Crippen LogP) is 2.68. The lowest BCUT2D eigenvalue weighted by Crippen LogP contribution is -2.25. The molecular weight excluding hydrogens is 312 g/mol. The van der Waals surface area contributed by atoms with Crippen LogP contribution < -0.4 is 5.32 Å². The number of benzene rings is 1. The quantitative estimate of drug-likeness (QED) is 0.912. The van der Waals surface area contributed by atoms with Crippen LogP contribution in [0.1, 0.15) is 30.4 Å². The summed E-state index contributed by atoms with van der Waals surface area (Å²) in [4.78, 5) is 14.9. The van der Waals surface area contributed by atoms with Gasteiger partial charge in [0.05, 0.1) is 6.54 Å². The van der Waals surface area contributed by atoms with E-state index in [1.54, 1.807) is 0 Å². The van der Waals surface area contributed by atoms with E-state index in [1.807, 2.05) is 31.0 Å². The van der Waals surface area contributed by atoms with Crippen molar-refractivity contribution >= 4 is 11.7 Å². The molecule has 132 valence electrons. The number of carbonyl (C=O) groups is 1. The zero-order valence-electron chi connectivity index (χ0n) is 15.0. The zero-order chi connectivity index (χ0) is 17.4. The Morgan fingerprint density at radius 1 is 1.36 bits per heavy atom. The van der Waals surface area contributed by atoms with Gasteiger partial charge >= 0.3 is 0 Å². The highest BCUT2D eigenvalue weighted by Crippen LogP contribution is 2.60. The van der Waals surface area contributed by atoms with Gasteiger partial charge < -0.3 is 10.2 Å². The lowest BCUT2D eigenvalue weighted by molar-refractivity contribution is -0.117. The lowest BCUT2D eigenvalue weighted by Gasteiger charge is -2.26. The molecule has 2 atom stereocenters. The van der Waals surface area contributed by atoms with Gasteiger partial charge in [0.25, 0.3) is 0 Å². The molecular formula is C20H26N4O. The summed E-state index contributed by atoms with van der Waals surface area (Å²) >= 11 is 0. The summed E-state index contributed by atoms with van der Waals surface area (Å²) in [6.45, 7) is 1.75. The summed E-state index contributed by atoms with van der Waals surface area (Å²) in [6, 6.07) is 10.5. The van der Waals surface area contributed by atoms with Crippen molar-refractivity contribution in [3.05, 3.63) is 47.7 Å². The molecule has 1 spiro atoms. The third-order valence-corrected chi connectivity index (χ3v) is 5.68. The third kappa shape index (κ3) is 3.09. The van der Waals surface area contributed by atoms with Gasteiger partial charge in [0.1, 0.15) is 0 Å². The maximum Gasteiger partial charge on any atom is 0.229 e. The van der Waals surface area contributed by atoms with E-state index in [4.69, 9.17) is 0 Å². The average molecular weight is 338 g/mol. The van der Waals surface area contributed by atoms with E-state index in [9.17, 15) is 4.79 Å². The van der Waals surface area contributed by atoms with Gasteiger partial charge in [-0.1, -0.05) is 24.3 Å². The molecule has 0 radical (unpaired) electrons. The molecule has 0 aliphatic heterocycles. The van der Waals surface area contributed by atoms with Crippen LogP contribution in [0.25, 0.3) is 0 Å². The molecule has 1 aromatic heterocycles. The van der Waals surface area contributed by atoms with Crippen LogP contribution in [0.5, 0.6) is 0 Å². The Morgan fingerprint density at radius 2 is 2.20 bits per heavy atom. The first-order chi connectivity index (χ1) is 12.1. The predicted molar refractivity (Wildman–Crippen MR) is 98.6 cm³/mol. The van der Waals surface area contributed by atoms with Crippen LogP contribution in [-0.2, 0) is 23.2 Å². The number of fused-ring (bicyclic) bond motifs is 2. The Labute approximate surface area is 149 Å². The molecule has 1 heterocycles. The number of anilines is 1. The van der Waals surface area contributed by atoms with Crippen molar-refractivity contribution in [2.24, 2.45) is 5.92 Å². The fourth-order valence-corrected chi connectivity index (χ4v) is 4.24. The minimum Gasteiger partial charge on any atom is -0.309 e. The maximum absolute atomic E-state index is 12.8. The molecule has 1 saturated carbocycles. The molecule has 4 rings (SSSR count). The van der Waals surface area contributed by atoms with Crippen LogP contribution in [0.15, 0.2) is 36.5 Å². The monoisotopic (exact) mass is 338 g/mol. The smallest absolute Gasteiger partial charge is 0.229 e. The van der Waals surface area contributed by atoms with Crippen LogP contribution in [0.2, 0.25) is 0 Å². The molecule has 2 aliphatic rings. The van der Waals surface area contributed by atoms with Gasteiger partial charge in [-0.25, -0.2) is 0 Å². The Morgan fingerprint density at radius 3 is 3.04 bits per heavy atom. The molecule has 1 aromatic carbocycles. The highest BCUT2D eigenvalue weighted by Gasteiger charge is 2.60. The Hall–Kier alpha value is -2.14. The molecule has 2 aliphatic carbocycles. The highest BCUT2D eigenvalue weighted by atomic mass is 16.2. The van der Waals surface area contributed by atoms with Gasteiger partial charge in [0, 0.05) is 30.1 Å². The van der Waals surface area contributed by atoms with Gasteiger partial charge in [-0.15, -0.1) is 0 Å². The number of nitrogens with zero attached hydrogens (tertiary/aromatic N) is 3. The van der Waals surface area contributed by atoms with Crippen molar-refractivity contribution in [3.8, 4) is 0 Å². The normalized spacial score (nSPS) is 24.4. The fourth-order valence-electron chi connectivity index (χ4n) is 4.24. The first-order valence-corrected chi connectivity index (χ1v) is 9.16. The third-order valence-electron chi connectivity index (χ3n) is 5.68. The molecule has 1 N–H and O–H groups in total. The largest absolute Gasteiger partial charge is 0.309 e. The first-order valence-electron chi connectivity index (χ1n) is 9.16. The fraction of sp³-hybridized carbons (Fsp3) is 0.500. The van der Waals surface area contributed by atoms with Crippen LogP contribution in [-0.4, -0.2) is 41.2 Å².